The molecular weight excluding hydrogens is 248 g/mol. The van der Waals surface area contributed by atoms with Crippen molar-refractivity contribution >= 4 is 0 Å². The van der Waals surface area contributed by atoms with Crippen LogP contribution in [0.2, 0.25) is 0 Å². The lowest BCUT2D eigenvalue weighted by molar-refractivity contribution is 0.461. The quantitative estimate of drug-likeness (QED) is 0.897. The van der Waals surface area contributed by atoms with Crippen molar-refractivity contribution in [2.24, 2.45) is 0 Å². The number of nitrogens with zero attached hydrogens (tertiary/aromatic N) is 1. The molecule has 1 aromatic heterocycles. The molecule has 3 heteroatoms. The molecule has 0 aliphatic heterocycles. The molecule has 3 rings (SSSR count). The summed E-state index contributed by atoms with van der Waals surface area (Å²) in [5.41, 5.74) is 3.62. The first-order valence-corrected chi connectivity index (χ1v) is 7.13. The molecule has 0 unspecified atom stereocenters. The van der Waals surface area contributed by atoms with Crippen LogP contribution in [-0.2, 0) is 6.54 Å². The van der Waals surface area contributed by atoms with E-state index in [0.29, 0.717) is 11.9 Å². The Labute approximate surface area is 120 Å². The maximum absolute atomic E-state index is 5.86. The summed E-state index contributed by atoms with van der Waals surface area (Å²) >= 11 is 0. The van der Waals surface area contributed by atoms with Gasteiger partial charge in [0.1, 0.15) is 5.75 Å². The van der Waals surface area contributed by atoms with Crippen LogP contribution in [0.15, 0.2) is 36.5 Å². The van der Waals surface area contributed by atoms with E-state index in [2.05, 4.69) is 30.2 Å². The van der Waals surface area contributed by atoms with E-state index in [4.69, 9.17) is 4.74 Å². The van der Waals surface area contributed by atoms with Gasteiger partial charge in [-0.15, -0.1) is 0 Å². The number of rotatable bonds is 5. The van der Waals surface area contributed by atoms with Gasteiger partial charge in [-0.3, -0.25) is 0 Å². The Morgan fingerprint density at radius 3 is 2.60 bits per heavy atom. The fourth-order valence-corrected chi connectivity index (χ4v) is 2.28. The van der Waals surface area contributed by atoms with Gasteiger partial charge in [0.2, 0.25) is 5.88 Å². The third kappa shape index (κ3) is 3.58. The Bertz CT molecular complexity index is 585. The zero-order valence-electron chi connectivity index (χ0n) is 12.0. The summed E-state index contributed by atoms with van der Waals surface area (Å²) < 4.78 is 5.86. The molecule has 2 aromatic rings. The SMILES string of the molecule is Cc1cc(C)cc(Oc2cc(CNC3CC3)ccn2)c1. The maximum atomic E-state index is 5.86. The van der Waals surface area contributed by atoms with Gasteiger partial charge in [0.15, 0.2) is 0 Å². The van der Waals surface area contributed by atoms with Crippen LogP contribution in [0.4, 0.5) is 0 Å². The van der Waals surface area contributed by atoms with Crippen LogP contribution in [0.3, 0.4) is 0 Å². The van der Waals surface area contributed by atoms with Crippen molar-refractivity contribution in [2.45, 2.75) is 39.3 Å². The van der Waals surface area contributed by atoms with Gasteiger partial charge in [-0.25, -0.2) is 4.98 Å². The number of nitrogens with one attached hydrogen (secondary N) is 1. The Morgan fingerprint density at radius 1 is 1.15 bits per heavy atom. The van der Waals surface area contributed by atoms with Crippen molar-refractivity contribution in [3.8, 4) is 11.6 Å². The van der Waals surface area contributed by atoms with Crippen molar-refractivity contribution in [3.05, 3.63) is 53.2 Å². The molecule has 3 nitrogen and oxygen atoms in total. The molecule has 1 heterocycles. The van der Waals surface area contributed by atoms with Crippen LogP contribution in [0, 0.1) is 13.8 Å². The number of hydrogen-bond donors (Lipinski definition) is 1. The lowest BCUT2D eigenvalue weighted by Gasteiger charge is -2.09. The van der Waals surface area contributed by atoms with Crippen molar-refractivity contribution in [1.82, 2.24) is 10.3 Å². The van der Waals surface area contributed by atoms with E-state index in [1.807, 2.05) is 30.5 Å². The standard InChI is InChI=1S/C17H20N2O/c1-12-7-13(2)9-16(8-12)20-17-10-14(5-6-18-17)11-19-15-3-4-15/h5-10,15,19H,3-4,11H2,1-2H3. The smallest absolute Gasteiger partial charge is 0.219 e. The van der Waals surface area contributed by atoms with Crippen molar-refractivity contribution in [2.75, 3.05) is 0 Å². The largest absolute Gasteiger partial charge is 0.439 e. The van der Waals surface area contributed by atoms with E-state index in [1.165, 1.54) is 29.5 Å². The third-order valence-electron chi connectivity index (χ3n) is 3.39. The first kappa shape index (κ1) is 13.1. The number of hydrogen-bond acceptors (Lipinski definition) is 3. The minimum Gasteiger partial charge on any atom is -0.439 e. The molecule has 1 N–H and O–H groups in total. The second-order valence-corrected chi connectivity index (χ2v) is 5.58. The predicted molar refractivity (Wildman–Crippen MR) is 80.1 cm³/mol. The van der Waals surface area contributed by atoms with Gasteiger partial charge in [-0.05, 0) is 61.6 Å². The average molecular weight is 268 g/mol. The van der Waals surface area contributed by atoms with Crippen molar-refractivity contribution in [1.29, 1.82) is 0 Å². The van der Waals surface area contributed by atoms with Gasteiger partial charge in [-0.1, -0.05) is 6.07 Å². The molecule has 104 valence electrons. The van der Waals surface area contributed by atoms with E-state index in [1.54, 1.807) is 0 Å². The monoisotopic (exact) mass is 268 g/mol. The van der Waals surface area contributed by atoms with Gasteiger partial charge in [-0.2, -0.15) is 0 Å². The third-order valence-corrected chi connectivity index (χ3v) is 3.39. The first-order chi connectivity index (χ1) is 9.69. The Kier molecular flexibility index (Phi) is 3.70. The molecule has 0 spiro atoms. The highest BCUT2D eigenvalue weighted by Crippen LogP contribution is 2.23. The lowest BCUT2D eigenvalue weighted by Crippen LogP contribution is -2.15. The number of ether oxygens (including phenoxy) is 1. The van der Waals surface area contributed by atoms with E-state index in [0.717, 1.165) is 12.3 Å². The van der Waals surface area contributed by atoms with Crippen molar-refractivity contribution < 1.29 is 4.74 Å². The molecule has 0 amide bonds. The summed E-state index contributed by atoms with van der Waals surface area (Å²) in [6, 6.07) is 11.0. The predicted octanol–water partition coefficient (Wildman–Crippen LogP) is 3.74. The Balaban J connectivity index is 1.70. The van der Waals surface area contributed by atoms with E-state index in [-0.39, 0.29) is 0 Å². The van der Waals surface area contributed by atoms with Gasteiger partial charge in [0.05, 0.1) is 0 Å². The molecule has 0 saturated heterocycles. The first-order valence-electron chi connectivity index (χ1n) is 7.13. The van der Waals surface area contributed by atoms with E-state index in [9.17, 15) is 0 Å². The average Bonchev–Trinajstić information content (AvgIpc) is 3.19. The molecule has 0 bridgehead atoms. The molecule has 1 aromatic carbocycles. The fourth-order valence-electron chi connectivity index (χ4n) is 2.28. The highest BCUT2D eigenvalue weighted by atomic mass is 16.5. The van der Waals surface area contributed by atoms with Crippen LogP contribution in [-0.4, -0.2) is 11.0 Å². The highest BCUT2D eigenvalue weighted by Gasteiger charge is 2.19. The minimum atomic E-state index is 0.657. The second-order valence-electron chi connectivity index (χ2n) is 5.58. The zero-order chi connectivity index (χ0) is 13.9. The van der Waals surface area contributed by atoms with E-state index >= 15 is 0 Å². The number of aryl methyl sites for hydroxylation is 2. The van der Waals surface area contributed by atoms with Gasteiger partial charge in [0, 0.05) is 24.8 Å². The molecular formula is C17H20N2O. The summed E-state index contributed by atoms with van der Waals surface area (Å²) in [4.78, 5) is 4.29. The maximum Gasteiger partial charge on any atom is 0.219 e. The molecule has 0 atom stereocenters. The van der Waals surface area contributed by atoms with Crippen molar-refractivity contribution in [3.63, 3.8) is 0 Å². The number of benzene rings is 1. The van der Waals surface area contributed by atoms with Gasteiger partial charge < -0.3 is 10.1 Å². The Morgan fingerprint density at radius 2 is 1.90 bits per heavy atom. The normalized spacial score (nSPS) is 14.3. The van der Waals surface area contributed by atoms with Crippen LogP contribution in [0.5, 0.6) is 11.6 Å². The highest BCUT2D eigenvalue weighted by molar-refractivity contribution is 5.35. The van der Waals surface area contributed by atoms with E-state index < -0.39 is 0 Å². The topological polar surface area (TPSA) is 34.1 Å². The molecule has 20 heavy (non-hydrogen) atoms. The van der Waals surface area contributed by atoms with Crippen LogP contribution >= 0.6 is 0 Å². The second kappa shape index (κ2) is 5.63. The summed E-state index contributed by atoms with van der Waals surface area (Å²) in [6.45, 7) is 5.03. The van der Waals surface area contributed by atoms with Crippen LogP contribution < -0.4 is 10.1 Å². The molecule has 1 fully saturated rings. The number of aromatic nitrogens is 1. The summed E-state index contributed by atoms with van der Waals surface area (Å²) in [5.74, 6) is 1.51. The molecule has 0 radical (unpaired) electrons. The zero-order valence-corrected chi connectivity index (χ0v) is 12.0. The Hall–Kier alpha value is -1.87. The van der Waals surface area contributed by atoms with Crippen LogP contribution in [0.1, 0.15) is 29.5 Å². The van der Waals surface area contributed by atoms with Crippen LogP contribution in [0.25, 0.3) is 0 Å². The molecule has 1 saturated carbocycles. The lowest BCUT2D eigenvalue weighted by atomic mass is 10.1. The fraction of sp³-hybridized carbons (Fsp3) is 0.353. The summed E-state index contributed by atoms with van der Waals surface area (Å²) in [6.07, 6.45) is 4.41. The van der Waals surface area contributed by atoms with Gasteiger partial charge in [0.25, 0.3) is 0 Å². The molecule has 1 aliphatic rings. The summed E-state index contributed by atoms with van der Waals surface area (Å²) in [5, 5.41) is 3.50. The minimum absolute atomic E-state index is 0.657. The van der Waals surface area contributed by atoms with Gasteiger partial charge >= 0.3 is 0 Å². The number of pyridine rings is 1. The summed E-state index contributed by atoms with van der Waals surface area (Å²) in [7, 11) is 0. The molecule has 1 aliphatic carbocycles.